The summed E-state index contributed by atoms with van der Waals surface area (Å²) in [7, 11) is 0. The minimum Gasteiger partial charge on any atom is -0.316 e. The monoisotopic (exact) mass is 526 g/mol. The molecule has 2 aromatic carbocycles. The van der Waals surface area contributed by atoms with Crippen LogP contribution in [0, 0.1) is 0 Å². The molecule has 4 rings (SSSR count). The molecule has 0 saturated carbocycles. The average molecular weight is 528 g/mol. The predicted molar refractivity (Wildman–Crippen MR) is 129 cm³/mol. The summed E-state index contributed by atoms with van der Waals surface area (Å²) >= 11 is 6.91. The minimum atomic E-state index is -0.172. The van der Waals surface area contributed by atoms with E-state index in [4.69, 9.17) is 4.98 Å². The normalized spacial score (nSPS) is 12.7. The molecule has 4 aromatic rings. The standard InChI is InChI=1S/C23H20Br2N4O/c1-3-15(2)22-27-21-11-8-17(25)13-20(21)23(30)29(22)26-14-19-5-4-12-28(19)18-9-6-16(24)7-10-18/h4-15H,3H2,1-2H3/t15-/m1/s1. The van der Waals surface area contributed by atoms with E-state index in [-0.39, 0.29) is 11.5 Å². The number of hydrogen-bond donors (Lipinski definition) is 0. The van der Waals surface area contributed by atoms with E-state index < -0.39 is 0 Å². The smallest absolute Gasteiger partial charge is 0.282 e. The Morgan fingerprint density at radius 1 is 1.10 bits per heavy atom. The molecule has 0 spiro atoms. The summed E-state index contributed by atoms with van der Waals surface area (Å²) in [5.41, 5.74) is 2.39. The van der Waals surface area contributed by atoms with Gasteiger partial charge in [-0.1, -0.05) is 45.7 Å². The lowest BCUT2D eigenvalue weighted by atomic mass is 10.1. The fourth-order valence-corrected chi connectivity index (χ4v) is 3.86. The average Bonchev–Trinajstić information content (AvgIpc) is 3.22. The van der Waals surface area contributed by atoms with Crippen LogP contribution in [0.5, 0.6) is 0 Å². The zero-order valence-electron chi connectivity index (χ0n) is 16.6. The summed E-state index contributed by atoms with van der Waals surface area (Å²) in [6.45, 7) is 4.14. The molecule has 0 amide bonds. The molecule has 5 nitrogen and oxygen atoms in total. The van der Waals surface area contributed by atoms with Crippen LogP contribution >= 0.6 is 31.9 Å². The molecule has 0 fully saturated rings. The molecule has 0 aliphatic heterocycles. The third-order valence-electron chi connectivity index (χ3n) is 5.08. The number of fused-ring (bicyclic) bond motifs is 1. The van der Waals surface area contributed by atoms with E-state index in [9.17, 15) is 4.79 Å². The van der Waals surface area contributed by atoms with Gasteiger partial charge in [-0.25, -0.2) is 4.98 Å². The molecule has 0 N–H and O–H groups in total. The van der Waals surface area contributed by atoms with Gasteiger partial charge >= 0.3 is 0 Å². The molecule has 0 aliphatic carbocycles. The van der Waals surface area contributed by atoms with Gasteiger partial charge in [-0.2, -0.15) is 9.78 Å². The highest BCUT2D eigenvalue weighted by atomic mass is 79.9. The van der Waals surface area contributed by atoms with E-state index in [0.29, 0.717) is 16.7 Å². The van der Waals surface area contributed by atoms with Gasteiger partial charge in [-0.05, 0) is 61.0 Å². The maximum atomic E-state index is 13.3. The molecule has 2 aromatic heterocycles. The number of rotatable bonds is 5. The van der Waals surface area contributed by atoms with E-state index in [1.165, 1.54) is 4.68 Å². The molecule has 152 valence electrons. The summed E-state index contributed by atoms with van der Waals surface area (Å²) in [5, 5.41) is 5.11. The van der Waals surface area contributed by atoms with Crippen molar-refractivity contribution in [2.75, 3.05) is 0 Å². The van der Waals surface area contributed by atoms with Gasteiger partial charge in [0.15, 0.2) is 0 Å². The Morgan fingerprint density at radius 2 is 1.83 bits per heavy atom. The molecule has 2 heterocycles. The molecule has 0 unspecified atom stereocenters. The number of benzene rings is 2. The van der Waals surface area contributed by atoms with Gasteiger partial charge < -0.3 is 4.57 Å². The van der Waals surface area contributed by atoms with Gasteiger partial charge in [-0.15, -0.1) is 0 Å². The minimum absolute atomic E-state index is 0.0983. The van der Waals surface area contributed by atoms with Gasteiger partial charge in [0, 0.05) is 26.7 Å². The second kappa shape index (κ2) is 8.70. The highest BCUT2D eigenvalue weighted by Crippen LogP contribution is 2.21. The first-order valence-corrected chi connectivity index (χ1v) is 11.3. The first-order valence-electron chi connectivity index (χ1n) is 9.67. The number of aromatic nitrogens is 3. The van der Waals surface area contributed by atoms with E-state index >= 15 is 0 Å². The third-order valence-corrected chi connectivity index (χ3v) is 6.10. The Morgan fingerprint density at radius 3 is 2.57 bits per heavy atom. The van der Waals surface area contributed by atoms with E-state index in [2.05, 4.69) is 50.8 Å². The van der Waals surface area contributed by atoms with Gasteiger partial charge in [0.2, 0.25) is 0 Å². The Hall–Kier alpha value is -2.51. The maximum Gasteiger partial charge on any atom is 0.282 e. The molecule has 7 heteroatoms. The number of nitrogens with zero attached hydrogens (tertiary/aromatic N) is 4. The topological polar surface area (TPSA) is 52.2 Å². The Labute approximate surface area is 191 Å². The van der Waals surface area contributed by atoms with Crippen LogP contribution in [0.1, 0.15) is 37.7 Å². The van der Waals surface area contributed by atoms with Crippen molar-refractivity contribution in [1.82, 2.24) is 14.2 Å². The summed E-state index contributed by atoms with van der Waals surface area (Å²) in [5.74, 6) is 0.761. The van der Waals surface area contributed by atoms with Gasteiger partial charge in [0.1, 0.15) is 5.82 Å². The number of hydrogen-bond acceptors (Lipinski definition) is 3. The van der Waals surface area contributed by atoms with Crippen molar-refractivity contribution in [2.24, 2.45) is 5.10 Å². The predicted octanol–water partition coefficient (Wildman–Crippen LogP) is 6.11. The van der Waals surface area contributed by atoms with Gasteiger partial charge in [-0.3, -0.25) is 4.79 Å². The first-order chi connectivity index (χ1) is 14.5. The summed E-state index contributed by atoms with van der Waals surface area (Å²) < 4.78 is 5.31. The van der Waals surface area contributed by atoms with Crippen LogP contribution in [0.15, 0.2) is 79.6 Å². The van der Waals surface area contributed by atoms with Crippen LogP contribution in [0.25, 0.3) is 16.6 Å². The van der Waals surface area contributed by atoms with Crippen molar-refractivity contribution in [3.05, 3.63) is 91.6 Å². The SMILES string of the molecule is CC[C@@H](C)c1nc2ccc(Br)cc2c(=O)n1N=Cc1cccn1-c1ccc(Br)cc1. The van der Waals surface area contributed by atoms with Crippen molar-refractivity contribution in [1.29, 1.82) is 0 Å². The molecule has 0 saturated heterocycles. The quantitative estimate of drug-likeness (QED) is 0.294. The van der Waals surface area contributed by atoms with Gasteiger partial charge in [0.05, 0.1) is 22.8 Å². The molecule has 0 bridgehead atoms. The zero-order valence-corrected chi connectivity index (χ0v) is 19.8. The zero-order chi connectivity index (χ0) is 21.3. The second-order valence-electron chi connectivity index (χ2n) is 7.08. The second-order valence-corrected chi connectivity index (χ2v) is 8.91. The molecule has 30 heavy (non-hydrogen) atoms. The van der Waals surface area contributed by atoms with Crippen LogP contribution in [-0.2, 0) is 0 Å². The Balaban J connectivity index is 1.83. The molecular weight excluding hydrogens is 508 g/mol. The lowest BCUT2D eigenvalue weighted by molar-refractivity contribution is 0.613. The van der Waals surface area contributed by atoms with Gasteiger partial charge in [0.25, 0.3) is 5.56 Å². The Bertz CT molecular complexity index is 1290. The maximum absolute atomic E-state index is 13.3. The van der Waals surface area contributed by atoms with Crippen LogP contribution in [-0.4, -0.2) is 20.4 Å². The lowest BCUT2D eigenvalue weighted by Gasteiger charge is -2.14. The highest BCUT2D eigenvalue weighted by molar-refractivity contribution is 9.10. The first kappa shape index (κ1) is 20.8. The van der Waals surface area contributed by atoms with Crippen molar-refractivity contribution in [3.63, 3.8) is 0 Å². The van der Waals surface area contributed by atoms with E-state index in [0.717, 1.165) is 26.7 Å². The molecule has 1 atom stereocenters. The van der Waals surface area contributed by atoms with Crippen molar-refractivity contribution < 1.29 is 0 Å². The van der Waals surface area contributed by atoms with E-state index in [1.54, 1.807) is 12.3 Å². The summed E-state index contributed by atoms with van der Waals surface area (Å²) in [6, 6.07) is 17.5. The molecule has 0 aliphatic rings. The van der Waals surface area contributed by atoms with Crippen molar-refractivity contribution in [2.45, 2.75) is 26.2 Å². The highest BCUT2D eigenvalue weighted by Gasteiger charge is 2.15. The van der Waals surface area contributed by atoms with Crippen LogP contribution in [0.2, 0.25) is 0 Å². The van der Waals surface area contributed by atoms with Crippen LogP contribution in [0.4, 0.5) is 0 Å². The van der Waals surface area contributed by atoms with Crippen molar-refractivity contribution >= 4 is 49.0 Å². The fourth-order valence-electron chi connectivity index (χ4n) is 3.23. The number of halogens is 2. The van der Waals surface area contributed by atoms with Crippen molar-refractivity contribution in [3.8, 4) is 5.69 Å². The fraction of sp³-hybridized carbons (Fsp3) is 0.174. The largest absolute Gasteiger partial charge is 0.316 e. The summed E-state index contributed by atoms with van der Waals surface area (Å²) in [6.07, 6.45) is 4.54. The summed E-state index contributed by atoms with van der Waals surface area (Å²) in [4.78, 5) is 18.0. The van der Waals surface area contributed by atoms with Crippen LogP contribution < -0.4 is 5.56 Å². The van der Waals surface area contributed by atoms with Crippen LogP contribution in [0.3, 0.4) is 0 Å². The molecular formula is C23H20Br2N4O. The van der Waals surface area contributed by atoms with E-state index in [1.807, 2.05) is 59.3 Å². The third kappa shape index (κ3) is 4.04. The molecule has 0 radical (unpaired) electrons. The lowest BCUT2D eigenvalue weighted by Crippen LogP contribution is -2.23. The Kier molecular flexibility index (Phi) is 6.01.